The Hall–Kier alpha value is -3.65. The summed E-state index contributed by atoms with van der Waals surface area (Å²) in [5, 5.41) is 7.52. The normalized spacial score (nSPS) is 12.4. The second-order valence-electron chi connectivity index (χ2n) is 7.92. The topological polar surface area (TPSA) is 85.4 Å². The molecule has 0 unspecified atom stereocenters. The van der Waals surface area contributed by atoms with Gasteiger partial charge in [0, 0.05) is 22.6 Å². The number of aromatic nitrogens is 2. The van der Waals surface area contributed by atoms with Crippen LogP contribution in [0.4, 0.5) is 17.2 Å². The van der Waals surface area contributed by atoms with Crippen molar-refractivity contribution in [3.63, 3.8) is 0 Å². The van der Waals surface area contributed by atoms with Gasteiger partial charge >= 0.3 is 0 Å². The zero-order valence-electron chi connectivity index (χ0n) is 19.2. The van der Waals surface area contributed by atoms with Crippen LogP contribution in [0.1, 0.15) is 41.1 Å². The van der Waals surface area contributed by atoms with E-state index in [0.717, 1.165) is 34.6 Å². The van der Waals surface area contributed by atoms with E-state index in [9.17, 15) is 4.79 Å². The maximum atomic E-state index is 12.8. The summed E-state index contributed by atoms with van der Waals surface area (Å²) in [7, 11) is 0. The average molecular weight is 475 g/mol. The Morgan fingerprint density at radius 3 is 2.50 bits per heavy atom. The zero-order chi connectivity index (χ0) is 23.5. The van der Waals surface area contributed by atoms with Gasteiger partial charge in [0.2, 0.25) is 0 Å². The van der Waals surface area contributed by atoms with Gasteiger partial charge in [0.15, 0.2) is 0 Å². The van der Waals surface area contributed by atoms with Crippen LogP contribution in [0.3, 0.4) is 0 Å². The van der Waals surface area contributed by atoms with Crippen LogP contribution in [0, 0.1) is 0 Å². The molecule has 34 heavy (non-hydrogen) atoms. The molecule has 8 heteroatoms. The molecule has 174 valence electrons. The number of nitrogens with zero attached hydrogens (tertiary/aromatic N) is 2. The van der Waals surface area contributed by atoms with E-state index in [0.29, 0.717) is 36.0 Å². The minimum atomic E-state index is -0.212. The summed E-state index contributed by atoms with van der Waals surface area (Å²) in [6, 6.07) is 12.7. The molecule has 4 aromatic rings. The van der Waals surface area contributed by atoms with Gasteiger partial charge in [-0.3, -0.25) is 4.79 Å². The molecule has 2 heterocycles. The number of rotatable bonds is 8. The van der Waals surface area contributed by atoms with Gasteiger partial charge in [-0.2, -0.15) is 0 Å². The summed E-state index contributed by atoms with van der Waals surface area (Å²) >= 11 is 1.75. The molecule has 0 aliphatic heterocycles. The number of fused-ring (bicyclic) bond motifs is 3. The maximum Gasteiger partial charge on any atom is 0.255 e. The molecule has 1 amide bonds. The van der Waals surface area contributed by atoms with Crippen LogP contribution in [-0.4, -0.2) is 29.1 Å². The van der Waals surface area contributed by atoms with Crippen molar-refractivity contribution in [1.29, 1.82) is 0 Å². The van der Waals surface area contributed by atoms with E-state index in [4.69, 9.17) is 9.47 Å². The number of ether oxygens (including phenoxy) is 2. The average Bonchev–Trinajstić information content (AvgIpc) is 3.44. The number of aryl methyl sites for hydroxylation is 2. The third-order valence-corrected chi connectivity index (χ3v) is 6.92. The summed E-state index contributed by atoms with van der Waals surface area (Å²) in [5.41, 5.74) is 3.19. The van der Waals surface area contributed by atoms with Gasteiger partial charge in [0.05, 0.1) is 30.0 Å². The monoisotopic (exact) mass is 474 g/mol. The number of thiophene rings is 1. The maximum absolute atomic E-state index is 12.8. The van der Waals surface area contributed by atoms with Crippen molar-refractivity contribution >= 4 is 44.7 Å². The Balaban J connectivity index is 1.53. The van der Waals surface area contributed by atoms with Crippen LogP contribution in [0.5, 0.6) is 11.5 Å². The number of nitrogens with one attached hydrogen (secondary N) is 2. The second kappa shape index (κ2) is 9.69. The van der Waals surface area contributed by atoms with Crippen molar-refractivity contribution < 1.29 is 14.3 Å². The van der Waals surface area contributed by atoms with Crippen molar-refractivity contribution in [3.8, 4) is 11.5 Å². The summed E-state index contributed by atoms with van der Waals surface area (Å²) in [4.78, 5) is 24.2. The van der Waals surface area contributed by atoms with Gasteiger partial charge in [-0.25, -0.2) is 9.97 Å². The molecular weight excluding hydrogens is 448 g/mol. The van der Waals surface area contributed by atoms with Crippen molar-refractivity contribution in [3.05, 3.63) is 64.8 Å². The molecule has 0 radical (unpaired) electrons. The van der Waals surface area contributed by atoms with E-state index < -0.39 is 0 Å². The van der Waals surface area contributed by atoms with Crippen LogP contribution >= 0.6 is 11.3 Å². The summed E-state index contributed by atoms with van der Waals surface area (Å²) in [5.74, 6) is 1.71. The van der Waals surface area contributed by atoms with Crippen LogP contribution in [0.2, 0.25) is 0 Å². The smallest absolute Gasteiger partial charge is 0.255 e. The minimum Gasteiger partial charge on any atom is -0.492 e. The van der Waals surface area contributed by atoms with E-state index in [-0.39, 0.29) is 5.91 Å². The first-order valence-electron chi connectivity index (χ1n) is 11.5. The molecule has 0 atom stereocenters. The molecule has 0 saturated heterocycles. The largest absolute Gasteiger partial charge is 0.492 e. The lowest BCUT2D eigenvalue weighted by atomic mass is 10.1. The molecule has 7 nitrogen and oxygen atoms in total. The molecule has 1 aliphatic carbocycles. The Bertz CT molecular complexity index is 1340. The predicted octanol–water partition coefficient (Wildman–Crippen LogP) is 5.97. The first kappa shape index (κ1) is 22.2. The van der Waals surface area contributed by atoms with Crippen molar-refractivity contribution in [2.75, 3.05) is 23.8 Å². The third kappa shape index (κ3) is 4.28. The lowest BCUT2D eigenvalue weighted by molar-refractivity contribution is 0.102. The lowest BCUT2D eigenvalue weighted by Crippen LogP contribution is -2.13. The van der Waals surface area contributed by atoms with Crippen molar-refractivity contribution in [2.24, 2.45) is 0 Å². The lowest BCUT2D eigenvalue weighted by Gasteiger charge is -2.18. The standard InChI is InChI=1S/C26H26N4O3S/c1-3-32-20-14-19(30-25(31)16-9-6-5-7-10-16)21(33-4-2)13-18(20)29-24-23-17-11-8-12-22(17)34-26(23)28-15-27-24/h5-7,9-10,13-15H,3-4,8,11-12H2,1-2H3,(H,30,31)(H,27,28,29). The number of carbonyl (C=O) groups excluding carboxylic acids is 1. The molecule has 0 spiro atoms. The second-order valence-corrected chi connectivity index (χ2v) is 9.00. The SMILES string of the molecule is CCOc1cc(Nc2ncnc3sc4c(c23)CCC4)c(OCC)cc1NC(=O)c1ccccc1. The van der Waals surface area contributed by atoms with Gasteiger partial charge in [-0.15, -0.1) is 11.3 Å². The molecular formula is C26H26N4O3S. The van der Waals surface area contributed by atoms with Gasteiger partial charge in [-0.1, -0.05) is 18.2 Å². The van der Waals surface area contributed by atoms with E-state index in [2.05, 4.69) is 20.6 Å². The van der Waals surface area contributed by atoms with Gasteiger partial charge in [0.25, 0.3) is 5.91 Å². The van der Waals surface area contributed by atoms with Crippen LogP contribution in [0.15, 0.2) is 48.8 Å². The zero-order valence-corrected chi connectivity index (χ0v) is 20.0. The predicted molar refractivity (Wildman–Crippen MR) is 136 cm³/mol. The van der Waals surface area contributed by atoms with Gasteiger partial charge < -0.3 is 20.1 Å². The van der Waals surface area contributed by atoms with Crippen molar-refractivity contribution in [1.82, 2.24) is 9.97 Å². The summed E-state index contributed by atoms with van der Waals surface area (Å²) in [6.07, 6.45) is 4.91. The minimum absolute atomic E-state index is 0.212. The highest BCUT2D eigenvalue weighted by atomic mass is 32.1. The van der Waals surface area contributed by atoms with Gasteiger partial charge in [-0.05, 0) is 50.8 Å². The molecule has 0 saturated carbocycles. The fourth-order valence-electron chi connectivity index (χ4n) is 4.24. The molecule has 0 bridgehead atoms. The molecule has 2 aromatic carbocycles. The van der Waals surface area contributed by atoms with E-state index >= 15 is 0 Å². The fraction of sp³-hybridized carbons (Fsp3) is 0.269. The number of benzene rings is 2. The Morgan fingerprint density at radius 2 is 1.74 bits per heavy atom. The van der Waals surface area contributed by atoms with Crippen LogP contribution < -0.4 is 20.1 Å². The fourth-order valence-corrected chi connectivity index (χ4v) is 5.47. The van der Waals surface area contributed by atoms with E-state index in [1.807, 2.05) is 38.1 Å². The molecule has 0 fully saturated rings. The quantitative estimate of drug-likeness (QED) is 0.327. The first-order valence-corrected chi connectivity index (χ1v) is 12.3. The highest BCUT2D eigenvalue weighted by Gasteiger charge is 2.22. The molecule has 1 aliphatic rings. The van der Waals surface area contributed by atoms with Gasteiger partial charge in [0.1, 0.15) is 28.5 Å². The van der Waals surface area contributed by atoms with E-state index in [1.54, 1.807) is 35.9 Å². The number of amides is 1. The third-order valence-electron chi connectivity index (χ3n) is 5.72. The van der Waals surface area contributed by atoms with E-state index in [1.165, 1.54) is 16.9 Å². The number of anilines is 3. The Labute approximate surface area is 202 Å². The Morgan fingerprint density at radius 1 is 1.00 bits per heavy atom. The molecule has 2 N–H and O–H groups in total. The molecule has 2 aromatic heterocycles. The summed E-state index contributed by atoms with van der Waals surface area (Å²) in [6.45, 7) is 4.77. The highest BCUT2D eigenvalue weighted by molar-refractivity contribution is 7.19. The number of carbonyl (C=O) groups is 1. The highest BCUT2D eigenvalue weighted by Crippen LogP contribution is 2.42. The van der Waals surface area contributed by atoms with Crippen molar-refractivity contribution in [2.45, 2.75) is 33.1 Å². The van der Waals surface area contributed by atoms with Crippen LogP contribution in [-0.2, 0) is 12.8 Å². The number of hydrogen-bond acceptors (Lipinski definition) is 7. The first-order chi connectivity index (χ1) is 16.7. The number of hydrogen-bond donors (Lipinski definition) is 2. The Kier molecular flexibility index (Phi) is 6.31. The van der Waals surface area contributed by atoms with Crippen LogP contribution in [0.25, 0.3) is 10.2 Å². The summed E-state index contributed by atoms with van der Waals surface area (Å²) < 4.78 is 11.8. The molecule has 5 rings (SSSR count).